The first kappa shape index (κ1) is 17.4. The molecule has 0 spiro atoms. The summed E-state index contributed by atoms with van der Waals surface area (Å²) < 4.78 is 0. The van der Waals surface area contributed by atoms with E-state index in [1.165, 1.54) is 24.8 Å². The van der Waals surface area contributed by atoms with Crippen molar-refractivity contribution < 1.29 is 4.79 Å². The van der Waals surface area contributed by atoms with Gasteiger partial charge in [-0.15, -0.1) is 0 Å². The van der Waals surface area contributed by atoms with Crippen molar-refractivity contribution in [3.8, 4) is 0 Å². The van der Waals surface area contributed by atoms with Gasteiger partial charge in [-0.3, -0.25) is 4.79 Å². The molecule has 3 nitrogen and oxygen atoms in total. The molecule has 0 aromatic heterocycles. The molecule has 26 heavy (non-hydrogen) atoms. The Hall–Kier alpha value is -2.00. The number of anilines is 2. The van der Waals surface area contributed by atoms with E-state index >= 15 is 0 Å². The van der Waals surface area contributed by atoms with Crippen molar-refractivity contribution in [2.24, 2.45) is 0 Å². The van der Waals surface area contributed by atoms with Gasteiger partial charge >= 0.3 is 0 Å². The third-order valence-electron chi connectivity index (χ3n) is 5.51. The summed E-state index contributed by atoms with van der Waals surface area (Å²) in [6.07, 6.45) is 6.91. The average Bonchev–Trinajstić information content (AvgIpc) is 2.90. The smallest absolute Gasteiger partial charge is 0.259 e. The van der Waals surface area contributed by atoms with E-state index in [9.17, 15) is 4.79 Å². The number of rotatable bonds is 2. The van der Waals surface area contributed by atoms with Crippen molar-refractivity contribution in [1.82, 2.24) is 0 Å². The second-order valence-electron chi connectivity index (χ2n) is 7.25. The number of aryl methyl sites for hydroxylation is 1. The van der Waals surface area contributed by atoms with Gasteiger partial charge in [-0.05, 0) is 68.4 Å². The summed E-state index contributed by atoms with van der Waals surface area (Å²) in [6, 6.07) is 14.1. The molecule has 136 valence electrons. The number of halogens is 1. The average molecular weight is 369 g/mol. The van der Waals surface area contributed by atoms with E-state index in [4.69, 9.17) is 11.6 Å². The summed E-state index contributed by atoms with van der Waals surface area (Å²) in [6.45, 7) is 2.90. The highest BCUT2D eigenvalue weighted by Crippen LogP contribution is 2.31. The van der Waals surface area contributed by atoms with Crippen molar-refractivity contribution in [2.75, 3.05) is 29.4 Å². The molecular weight excluding hydrogens is 344 g/mol. The topological polar surface area (TPSA) is 23.6 Å². The number of para-hydroxylation sites is 1. The fourth-order valence-electron chi connectivity index (χ4n) is 4.07. The molecule has 4 heteroatoms. The minimum atomic E-state index is 0.00884. The molecule has 1 amide bonds. The lowest BCUT2D eigenvalue weighted by Crippen LogP contribution is -2.32. The Kier molecular flexibility index (Phi) is 5.16. The number of carbonyl (C=O) groups excluding carboxylic acids is 1. The van der Waals surface area contributed by atoms with Gasteiger partial charge in [-0.1, -0.05) is 29.8 Å². The maximum atomic E-state index is 13.3. The predicted molar refractivity (Wildman–Crippen MR) is 109 cm³/mol. The van der Waals surface area contributed by atoms with E-state index in [1.54, 1.807) is 0 Å². The van der Waals surface area contributed by atoms with Crippen LogP contribution in [0.5, 0.6) is 0 Å². The monoisotopic (exact) mass is 368 g/mol. The molecule has 2 aliphatic heterocycles. The first-order valence-corrected chi connectivity index (χ1v) is 10.1. The molecule has 4 rings (SSSR count). The Morgan fingerprint density at radius 2 is 1.65 bits per heavy atom. The van der Waals surface area contributed by atoms with E-state index in [-0.39, 0.29) is 5.91 Å². The zero-order valence-electron chi connectivity index (χ0n) is 15.1. The van der Waals surface area contributed by atoms with Gasteiger partial charge in [0.1, 0.15) is 0 Å². The molecule has 2 aliphatic rings. The van der Waals surface area contributed by atoms with Crippen LogP contribution < -0.4 is 9.80 Å². The summed E-state index contributed by atoms with van der Waals surface area (Å²) >= 11 is 6.56. The first-order chi connectivity index (χ1) is 12.7. The number of nitrogens with zero attached hydrogens (tertiary/aromatic N) is 2. The molecule has 0 N–H and O–H groups in total. The predicted octanol–water partition coefficient (Wildman–Crippen LogP) is 5.31. The van der Waals surface area contributed by atoms with E-state index < -0.39 is 0 Å². The molecule has 2 aromatic rings. The van der Waals surface area contributed by atoms with Crippen LogP contribution in [0.1, 0.15) is 48.0 Å². The van der Waals surface area contributed by atoms with Crippen LogP contribution in [0.25, 0.3) is 0 Å². The number of benzene rings is 2. The maximum Gasteiger partial charge on any atom is 0.259 e. The van der Waals surface area contributed by atoms with Gasteiger partial charge in [0.25, 0.3) is 5.91 Å². The van der Waals surface area contributed by atoms with E-state index in [0.29, 0.717) is 10.6 Å². The summed E-state index contributed by atoms with van der Waals surface area (Å²) in [5.74, 6) is 0.00884. The molecular formula is C22H25ClN2O. The molecule has 1 fully saturated rings. The second-order valence-corrected chi connectivity index (χ2v) is 7.66. The van der Waals surface area contributed by atoms with Crippen LogP contribution in [0.2, 0.25) is 5.02 Å². The molecule has 2 aromatic carbocycles. The van der Waals surface area contributed by atoms with E-state index in [1.807, 2.05) is 35.2 Å². The third-order valence-corrected chi connectivity index (χ3v) is 5.82. The number of fused-ring (bicyclic) bond motifs is 1. The molecule has 1 saturated heterocycles. The number of amides is 1. The third kappa shape index (κ3) is 3.45. The second kappa shape index (κ2) is 7.71. The molecule has 0 atom stereocenters. The number of hydrogen-bond donors (Lipinski definition) is 0. The molecule has 0 aliphatic carbocycles. The van der Waals surface area contributed by atoms with Gasteiger partial charge < -0.3 is 9.80 Å². The van der Waals surface area contributed by atoms with Gasteiger partial charge in [-0.25, -0.2) is 0 Å². The minimum Gasteiger partial charge on any atom is -0.371 e. The highest BCUT2D eigenvalue weighted by molar-refractivity contribution is 6.34. The van der Waals surface area contributed by atoms with Crippen LogP contribution in [-0.4, -0.2) is 25.5 Å². The molecule has 0 bridgehead atoms. The van der Waals surface area contributed by atoms with Gasteiger partial charge in [0.05, 0.1) is 10.6 Å². The standard InChI is InChI=1S/C22H25ClN2O/c23-20-16-18(24-13-5-1-6-14-24)11-12-19(20)22(26)25-15-7-4-9-17-8-2-3-10-21(17)25/h2-3,8,10-12,16H,1,4-7,9,13-15H2. The fraction of sp³-hybridized carbons (Fsp3) is 0.409. The van der Waals surface area contributed by atoms with Gasteiger partial charge in [0.2, 0.25) is 0 Å². The maximum absolute atomic E-state index is 13.3. The van der Waals surface area contributed by atoms with Crippen molar-refractivity contribution in [3.63, 3.8) is 0 Å². The number of hydrogen-bond acceptors (Lipinski definition) is 2. The first-order valence-electron chi connectivity index (χ1n) is 9.68. The summed E-state index contributed by atoms with van der Waals surface area (Å²) in [4.78, 5) is 17.5. The molecule has 2 heterocycles. The van der Waals surface area contributed by atoms with Crippen LogP contribution in [0.4, 0.5) is 11.4 Å². The quantitative estimate of drug-likeness (QED) is 0.716. The van der Waals surface area contributed by atoms with E-state index in [2.05, 4.69) is 17.0 Å². The van der Waals surface area contributed by atoms with Gasteiger partial charge in [0, 0.05) is 31.0 Å². The van der Waals surface area contributed by atoms with Crippen LogP contribution in [0.15, 0.2) is 42.5 Å². The number of piperidine rings is 1. The van der Waals surface area contributed by atoms with Crippen LogP contribution in [-0.2, 0) is 6.42 Å². The lowest BCUT2D eigenvalue weighted by Gasteiger charge is -2.29. The fourth-order valence-corrected chi connectivity index (χ4v) is 4.33. The Bertz CT molecular complexity index is 798. The van der Waals surface area contributed by atoms with Crippen LogP contribution >= 0.6 is 11.6 Å². The van der Waals surface area contributed by atoms with Crippen LogP contribution in [0, 0.1) is 0 Å². The summed E-state index contributed by atoms with van der Waals surface area (Å²) in [5, 5.41) is 0.555. The van der Waals surface area contributed by atoms with Crippen molar-refractivity contribution >= 4 is 28.9 Å². The molecule has 0 unspecified atom stereocenters. The zero-order chi connectivity index (χ0) is 17.9. The SMILES string of the molecule is O=C(c1ccc(N2CCCCC2)cc1Cl)N1CCCCc2ccccc21. The Labute approximate surface area is 160 Å². The van der Waals surface area contributed by atoms with Gasteiger partial charge in [0.15, 0.2) is 0 Å². The Morgan fingerprint density at radius 3 is 2.46 bits per heavy atom. The normalized spacial score (nSPS) is 17.6. The molecule has 0 saturated carbocycles. The van der Waals surface area contributed by atoms with Crippen molar-refractivity contribution in [3.05, 3.63) is 58.6 Å². The zero-order valence-corrected chi connectivity index (χ0v) is 15.8. The van der Waals surface area contributed by atoms with E-state index in [0.717, 1.165) is 50.3 Å². The van der Waals surface area contributed by atoms with Crippen molar-refractivity contribution in [1.29, 1.82) is 0 Å². The van der Waals surface area contributed by atoms with Crippen LogP contribution in [0.3, 0.4) is 0 Å². The highest BCUT2D eigenvalue weighted by Gasteiger charge is 2.24. The summed E-state index contributed by atoms with van der Waals surface area (Å²) in [5.41, 5.74) is 4.01. The lowest BCUT2D eigenvalue weighted by atomic mass is 10.1. The number of carbonyl (C=O) groups is 1. The Morgan fingerprint density at radius 1 is 0.885 bits per heavy atom. The summed E-state index contributed by atoms with van der Waals surface area (Å²) in [7, 11) is 0. The largest absolute Gasteiger partial charge is 0.371 e. The van der Waals surface area contributed by atoms with Crippen molar-refractivity contribution in [2.45, 2.75) is 38.5 Å². The molecule has 0 radical (unpaired) electrons. The van der Waals surface area contributed by atoms with Gasteiger partial charge in [-0.2, -0.15) is 0 Å². The highest BCUT2D eigenvalue weighted by atomic mass is 35.5. The minimum absolute atomic E-state index is 0.00884. The Balaban J connectivity index is 1.62. The lowest BCUT2D eigenvalue weighted by molar-refractivity contribution is 0.0987.